The molecular weight excluding hydrogens is 210 g/mol. The Morgan fingerprint density at radius 1 is 1.57 bits per heavy atom. The Kier molecular flexibility index (Phi) is 4.68. The van der Waals surface area contributed by atoms with E-state index in [0.29, 0.717) is 5.69 Å². The van der Waals surface area contributed by atoms with E-state index in [1.54, 1.807) is 6.07 Å². The predicted molar refractivity (Wildman–Crippen MR) is 54.7 cm³/mol. The van der Waals surface area contributed by atoms with Crippen LogP contribution in [0.2, 0.25) is 0 Å². The molecule has 0 radical (unpaired) electrons. The molecule has 0 fully saturated rings. The average Bonchev–Trinajstić information content (AvgIpc) is 2.16. The second-order valence-electron chi connectivity index (χ2n) is 2.26. The van der Waals surface area contributed by atoms with Gasteiger partial charge in [0.15, 0.2) is 0 Å². The van der Waals surface area contributed by atoms with Crippen molar-refractivity contribution in [2.75, 3.05) is 12.5 Å². The normalized spacial score (nSPS) is 8.71. The molecule has 1 rings (SSSR count). The molecule has 6 nitrogen and oxygen atoms in total. The Morgan fingerprint density at radius 3 is 2.64 bits per heavy atom. The van der Waals surface area contributed by atoms with Gasteiger partial charge in [-0.2, -0.15) is 0 Å². The molecule has 7 heteroatoms. The lowest BCUT2D eigenvalue weighted by molar-refractivity contribution is -0.385. The molecular formula is C7H10ClN3O3. The standard InChI is InChI=1S/C7H9N3O3.ClH/c1-13-7-5(9-8)3-2-4-6(7)10(11)12;/h2-4,9H,8H2,1H3;1H. The Morgan fingerprint density at radius 2 is 2.21 bits per heavy atom. The van der Waals surface area contributed by atoms with Crippen LogP contribution in [0.25, 0.3) is 0 Å². The second-order valence-corrected chi connectivity index (χ2v) is 2.26. The lowest BCUT2D eigenvalue weighted by Gasteiger charge is -2.06. The van der Waals surface area contributed by atoms with Gasteiger partial charge in [0.05, 0.1) is 17.7 Å². The number of para-hydroxylation sites is 1. The van der Waals surface area contributed by atoms with Crippen molar-refractivity contribution in [2.45, 2.75) is 0 Å². The van der Waals surface area contributed by atoms with Gasteiger partial charge in [0, 0.05) is 6.07 Å². The smallest absolute Gasteiger partial charge is 0.313 e. The van der Waals surface area contributed by atoms with Crippen molar-refractivity contribution in [3.63, 3.8) is 0 Å². The molecule has 1 aromatic carbocycles. The summed E-state index contributed by atoms with van der Waals surface area (Å²) in [6.45, 7) is 0. The van der Waals surface area contributed by atoms with E-state index in [2.05, 4.69) is 5.43 Å². The fourth-order valence-electron chi connectivity index (χ4n) is 0.997. The predicted octanol–water partition coefficient (Wildman–Crippen LogP) is 1.31. The van der Waals surface area contributed by atoms with E-state index in [1.807, 2.05) is 0 Å². The molecule has 0 aliphatic heterocycles. The first-order chi connectivity index (χ1) is 6.20. The largest absolute Gasteiger partial charge is 0.489 e. The molecule has 0 heterocycles. The maximum Gasteiger partial charge on any atom is 0.313 e. The van der Waals surface area contributed by atoms with Crippen LogP contribution in [0.1, 0.15) is 0 Å². The number of nitrogens with zero attached hydrogens (tertiary/aromatic N) is 1. The Labute approximate surface area is 86.6 Å². The Hall–Kier alpha value is -1.53. The van der Waals surface area contributed by atoms with Crippen molar-refractivity contribution in [1.29, 1.82) is 0 Å². The maximum atomic E-state index is 10.5. The second kappa shape index (κ2) is 5.25. The zero-order chi connectivity index (χ0) is 9.84. The van der Waals surface area contributed by atoms with Gasteiger partial charge in [0.1, 0.15) is 0 Å². The highest BCUT2D eigenvalue weighted by molar-refractivity contribution is 5.85. The Balaban J connectivity index is 0.00000169. The number of nitro benzene ring substituents is 1. The third kappa shape index (κ3) is 2.24. The molecule has 0 unspecified atom stereocenters. The number of nitro groups is 1. The molecule has 0 aromatic heterocycles. The van der Waals surface area contributed by atoms with Crippen LogP contribution in [-0.4, -0.2) is 12.0 Å². The summed E-state index contributed by atoms with van der Waals surface area (Å²) < 4.78 is 4.84. The fraction of sp³-hybridized carbons (Fsp3) is 0.143. The van der Waals surface area contributed by atoms with Crippen molar-refractivity contribution in [3.05, 3.63) is 28.3 Å². The number of hydrazine groups is 1. The molecule has 0 aliphatic rings. The van der Waals surface area contributed by atoms with Crippen LogP contribution in [0.5, 0.6) is 5.75 Å². The molecule has 0 spiro atoms. The van der Waals surface area contributed by atoms with Crippen molar-refractivity contribution < 1.29 is 9.66 Å². The van der Waals surface area contributed by atoms with Crippen LogP contribution in [0, 0.1) is 10.1 Å². The van der Waals surface area contributed by atoms with Crippen LogP contribution < -0.4 is 16.0 Å². The Bertz CT molecular complexity index is 332. The minimum atomic E-state index is -0.528. The molecule has 0 saturated heterocycles. The van der Waals surface area contributed by atoms with Gasteiger partial charge in [-0.25, -0.2) is 0 Å². The molecule has 14 heavy (non-hydrogen) atoms. The van der Waals surface area contributed by atoms with E-state index in [0.717, 1.165) is 0 Å². The summed E-state index contributed by atoms with van der Waals surface area (Å²) >= 11 is 0. The third-order valence-corrected chi connectivity index (χ3v) is 1.55. The number of anilines is 1. The topological polar surface area (TPSA) is 90.4 Å². The monoisotopic (exact) mass is 219 g/mol. The molecule has 1 aromatic rings. The quantitative estimate of drug-likeness (QED) is 0.454. The SMILES string of the molecule is COc1c(NN)cccc1[N+](=O)[O-].Cl. The molecule has 0 saturated carbocycles. The van der Waals surface area contributed by atoms with Crippen molar-refractivity contribution in [3.8, 4) is 5.75 Å². The summed E-state index contributed by atoms with van der Waals surface area (Å²) in [5.74, 6) is 5.28. The van der Waals surface area contributed by atoms with Gasteiger partial charge in [-0.3, -0.25) is 16.0 Å². The summed E-state index contributed by atoms with van der Waals surface area (Å²) in [7, 11) is 1.35. The number of nitrogens with one attached hydrogen (secondary N) is 1. The fourth-order valence-corrected chi connectivity index (χ4v) is 0.997. The zero-order valence-electron chi connectivity index (χ0n) is 7.39. The number of ether oxygens (including phenoxy) is 1. The van der Waals surface area contributed by atoms with Gasteiger partial charge in [-0.1, -0.05) is 6.07 Å². The van der Waals surface area contributed by atoms with E-state index in [-0.39, 0.29) is 23.8 Å². The lowest BCUT2D eigenvalue weighted by atomic mass is 10.2. The van der Waals surface area contributed by atoms with E-state index in [9.17, 15) is 10.1 Å². The summed E-state index contributed by atoms with van der Waals surface area (Å²) in [6, 6.07) is 4.46. The zero-order valence-corrected chi connectivity index (χ0v) is 8.21. The van der Waals surface area contributed by atoms with E-state index < -0.39 is 4.92 Å². The van der Waals surface area contributed by atoms with Crippen LogP contribution in [-0.2, 0) is 0 Å². The first-order valence-electron chi connectivity index (χ1n) is 3.48. The van der Waals surface area contributed by atoms with E-state index in [1.165, 1.54) is 19.2 Å². The van der Waals surface area contributed by atoms with Crippen molar-refractivity contribution >= 4 is 23.8 Å². The number of benzene rings is 1. The van der Waals surface area contributed by atoms with Gasteiger partial charge < -0.3 is 10.2 Å². The van der Waals surface area contributed by atoms with Crippen LogP contribution in [0.4, 0.5) is 11.4 Å². The lowest BCUT2D eigenvalue weighted by Crippen LogP contribution is -2.08. The number of methoxy groups -OCH3 is 1. The van der Waals surface area contributed by atoms with Crippen LogP contribution in [0.3, 0.4) is 0 Å². The highest BCUT2D eigenvalue weighted by Gasteiger charge is 2.17. The van der Waals surface area contributed by atoms with E-state index in [4.69, 9.17) is 10.6 Å². The van der Waals surface area contributed by atoms with Gasteiger partial charge in [-0.15, -0.1) is 12.4 Å². The molecule has 78 valence electrons. The van der Waals surface area contributed by atoms with Crippen molar-refractivity contribution in [2.24, 2.45) is 5.84 Å². The minimum absolute atomic E-state index is 0. The van der Waals surface area contributed by atoms with Gasteiger partial charge in [0.2, 0.25) is 5.75 Å². The molecule has 0 aliphatic carbocycles. The van der Waals surface area contributed by atoms with Gasteiger partial charge in [-0.05, 0) is 6.07 Å². The molecule has 0 atom stereocenters. The molecule has 0 amide bonds. The average molecular weight is 220 g/mol. The first-order valence-corrected chi connectivity index (χ1v) is 3.48. The summed E-state index contributed by atoms with van der Waals surface area (Å²) in [5.41, 5.74) is 2.59. The number of nitrogen functional groups attached to an aromatic ring is 1. The summed E-state index contributed by atoms with van der Waals surface area (Å²) in [5, 5.41) is 10.5. The summed E-state index contributed by atoms with van der Waals surface area (Å²) in [4.78, 5) is 9.98. The number of hydrogen-bond acceptors (Lipinski definition) is 5. The highest BCUT2D eigenvalue weighted by atomic mass is 35.5. The number of rotatable bonds is 3. The molecule has 3 N–H and O–H groups in total. The van der Waals surface area contributed by atoms with Gasteiger partial charge in [0.25, 0.3) is 0 Å². The van der Waals surface area contributed by atoms with E-state index >= 15 is 0 Å². The maximum absolute atomic E-state index is 10.5. The van der Waals surface area contributed by atoms with Gasteiger partial charge >= 0.3 is 5.69 Å². The van der Waals surface area contributed by atoms with Crippen LogP contribution >= 0.6 is 12.4 Å². The number of hydrogen-bond donors (Lipinski definition) is 2. The summed E-state index contributed by atoms with van der Waals surface area (Å²) in [6.07, 6.45) is 0. The first kappa shape index (κ1) is 12.5. The number of halogens is 1. The molecule has 0 bridgehead atoms. The number of nitrogens with two attached hydrogens (primary N) is 1. The third-order valence-electron chi connectivity index (χ3n) is 1.55. The van der Waals surface area contributed by atoms with Crippen molar-refractivity contribution in [1.82, 2.24) is 0 Å². The van der Waals surface area contributed by atoms with Crippen LogP contribution in [0.15, 0.2) is 18.2 Å². The minimum Gasteiger partial charge on any atom is -0.489 e. The highest BCUT2D eigenvalue weighted by Crippen LogP contribution is 2.33.